The van der Waals surface area contributed by atoms with E-state index in [1.54, 1.807) is 11.8 Å². The van der Waals surface area contributed by atoms with Crippen LogP contribution in [0.2, 0.25) is 0 Å². The van der Waals surface area contributed by atoms with E-state index in [9.17, 15) is 19.8 Å². The Morgan fingerprint density at radius 3 is 2.38 bits per heavy atom. The lowest BCUT2D eigenvalue weighted by atomic mass is 10.1. The number of nitrogens with zero attached hydrogens (tertiary/aromatic N) is 3. The van der Waals surface area contributed by atoms with E-state index in [0.29, 0.717) is 5.56 Å². The lowest BCUT2D eigenvalue weighted by Crippen LogP contribution is -2.15. The van der Waals surface area contributed by atoms with Crippen LogP contribution in [0.3, 0.4) is 0 Å². The lowest BCUT2D eigenvalue weighted by Gasteiger charge is -2.03. The van der Waals surface area contributed by atoms with Crippen molar-refractivity contribution in [2.45, 2.75) is 19.8 Å². The van der Waals surface area contributed by atoms with Crippen LogP contribution in [0.1, 0.15) is 18.4 Å². The fourth-order valence-electron chi connectivity index (χ4n) is 1.94. The Hall–Kier alpha value is -2.51. The Labute approximate surface area is 121 Å². The van der Waals surface area contributed by atoms with Gasteiger partial charge in [-0.1, -0.05) is 0 Å². The van der Waals surface area contributed by atoms with Gasteiger partial charge in [-0.3, -0.25) is 14.9 Å². The lowest BCUT2D eigenvalue weighted by molar-refractivity contribution is -0.385. The Morgan fingerprint density at radius 1 is 1.38 bits per heavy atom. The summed E-state index contributed by atoms with van der Waals surface area (Å²) in [6.45, 7) is 3.52. The number of carbonyl (C=O) groups is 1. The molecule has 0 aromatic heterocycles. The van der Waals surface area contributed by atoms with Crippen molar-refractivity contribution >= 4 is 17.8 Å². The van der Waals surface area contributed by atoms with Gasteiger partial charge in [0.15, 0.2) is 5.69 Å². The Bertz CT molecular complexity index is 527. The molecule has 1 heterocycles. The van der Waals surface area contributed by atoms with Gasteiger partial charge in [0.1, 0.15) is 5.75 Å². The highest BCUT2D eigenvalue weighted by molar-refractivity contribution is 5.60. The normalized spacial score (nSPS) is 13.1. The van der Waals surface area contributed by atoms with Gasteiger partial charge in [-0.15, -0.1) is 4.91 Å². The van der Waals surface area contributed by atoms with Gasteiger partial charge in [0.2, 0.25) is 6.41 Å². The predicted octanol–water partition coefficient (Wildman–Crippen LogP) is 2.55. The molecular weight excluding hydrogens is 278 g/mol. The number of methoxy groups -OCH3 is 1. The number of carbonyl (C=O) groups excluding carboxylic acids is 1. The number of hydrogen-bond acceptors (Lipinski definition) is 6. The van der Waals surface area contributed by atoms with Crippen LogP contribution in [0.4, 0.5) is 11.4 Å². The fraction of sp³-hybridized carbons (Fsp3) is 0.462. The second-order valence-corrected chi connectivity index (χ2v) is 4.51. The van der Waals surface area contributed by atoms with E-state index in [0.717, 1.165) is 25.6 Å². The highest BCUT2D eigenvalue weighted by atomic mass is 16.6. The van der Waals surface area contributed by atoms with Crippen LogP contribution in [0.15, 0.2) is 17.3 Å². The van der Waals surface area contributed by atoms with Crippen LogP contribution >= 0.6 is 0 Å². The summed E-state index contributed by atoms with van der Waals surface area (Å²) in [7, 11) is 1.37. The number of amides is 1. The van der Waals surface area contributed by atoms with Crippen molar-refractivity contribution < 1.29 is 14.5 Å². The van der Waals surface area contributed by atoms with E-state index < -0.39 is 4.92 Å². The van der Waals surface area contributed by atoms with Crippen molar-refractivity contribution in [2.24, 2.45) is 5.18 Å². The third-order valence-electron chi connectivity index (χ3n) is 3.08. The average Bonchev–Trinajstić information content (AvgIpc) is 3.00. The summed E-state index contributed by atoms with van der Waals surface area (Å²) in [6.07, 6.45) is 3.31. The third kappa shape index (κ3) is 4.51. The Morgan fingerprint density at radius 2 is 2.00 bits per heavy atom. The Balaban J connectivity index is 0.000000262. The average molecular weight is 295 g/mol. The van der Waals surface area contributed by atoms with Gasteiger partial charge in [-0.2, -0.15) is 0 Å². The molecule has 0 aliphatic carbocycles. The first-order valence-corrected chi connectivity index (χ1v) is 6.39. The Kier molecular flexibility index (Phi) is 6.25. The molecule has 0 unspecified atom stereocenters. The van der Waals surface area contributed by atoms with Crippen molar-refractivity contribution in [1.82, 2.24) is 4.90 Å². The SMILES string of the molecule is COc1cc(C)c([N+](=O)[O-])cc1N=O.O=CN1CCCC1. The minimum atomic E-state index is -0.566. The molecule has 0 radical (unpaired) electrons. The first-order chi connectivity index (χ1) is 10.0. The minimum absolute atomic E-state index is 0.0650. The zero-order valence-corrected chi connectivity index (χ0v) is 11.9. The number of rotatable bonds is 4. The van der Waals surface area contributed by atoms with Crippen molar-refractivity contribution in [1.29, 1.82) is 0 Å². The second kappa shape index (κ2) is 7.93. The maximum atomic E-state index is 10.5. The predicted molar refractivity (Wildman–Crippen MR) is 76.7 cm³/mol. The number of likely N-dealkylation sites (tertiary alicyclic amines) is 1. The molecule has 1 aliphatic rings. The minimum Gasteiger partial charge on any atom is -0.494 e. The molecule has 21 heavy (non-hydrogen) atoms. The van der Waals surface area contributed by atoms with Crippen LogP contribution in [-0.2, 0) is 4.79 Å². The van der Waals surface area contributed by atoms with Crippen LogP contribution in [0.25, 0.3) is 0 Å². The smallest absolute Gasteiger partial charge is 0.274 e. The summed E-state index contributed by atoms with van der Waals surface area (Å²) in [5.74, 6) is 0.239. The number of ether oxygens (including phenoxy) is 1. The first-order valence-electron chi connectivity index (χ1n) is 6.39. The quantitative estimate of drug-likeness (QED) is 0.367. The van der Waals surface area contributed by atoms with Crippen molar-refractivity contribution in [2.75, 3.05) is 20.2 Å². The first kappa shape index (κ1) is 16.5. The van der Waals surface area contributed by atoms with Crippen molar-refractivity contribution in [3.8, 4) is 5.75 Å². The summed E-state index contributed by atoms with van der Waals surface area (Å²) in [4.78, 5) is 32.0. The van der Waals surface area contributed by atoms with Gasteiger partial charge in [0.05, 0.1) is 12.0 Å². The van der Waals surface area contributed by atoms with Crippen molar-refractivity contribution in [3.63, 3.8) is 0 Å². The second-order valence-electron chi connectivity index (χ2n) is 4.51. The van der Waals surface area contributed by atoms with E-state index in [2.05, 4.69) is 5.18 Å². The summed E-state index contributed by atoms with van der Waals surface area (Å²) in [5, 5.41) is 13.2. The molecule has 2 rings (SSSR count). The van der Waals surface area contributed by atoms with Gasteiger partial charge in [-0.05, 0) is 31.0 Å². The van der Waals surface area contributed by atoms with Gasteiger partial charge in [0, 0.05) is 24.7 Å². The number of benzene rings is 1. The molecule has 1 amide bonds. The van der Waals surface area contributed by atoms with Gasteiger partial charge in [-0.25, -0.2) is 0 Å². The molecule has 0 N–H and O–H groups in total. The highest BCUT2D eigenvalue weighted by Crippen LogP contribution is 2.33. The van der Waals surface area contributed by atoms with Gasteiger partial charge in [0.25, 0.3) is 5.69 Å². The number of nitroso groups, excluding NO2 is 1. The number of nitro groups is 1. The van der Waals surface area contributed by atoms with Gasteiger partial charge >= 0.3 is 0 Å². The zero-order chi connectivity index (χ0) is 15.8. The largest absolute Gasteiger partial charge is 0.494 e. The number of nitro benzene ring substituents is 1. The number of hydrogen-bond donors (Lipinski definition) is 0. The maximum Gasteiger partial charge on any atom is 0.274 e. The summed E-state index contributed by atoms with van der Waals surface area (Å²) in [6, 6.07) is 2.51. The van der Waals surface area contributed by atoms with E-state index in [1.165, 1.54) is 26.0 Å². The van der Waals surface area contributed by atoms with E-state index in [4.69, 9.17) is 4.74 Å². The highest BCUT2D eigenvalue weighted by Gasteiger charge is 2.16. The zero-order valence-electron chi connectivity index (χ0n) is 11.9. The van der Waals surface area contributed by atoms with E-state index in [1.807, 2.05) is 0 Å². The molecule has 8 nitrogen and oxygen atoms in total. The van der Waals surface area contributed by atoms with Crippen LogP contribution in [0, 0.1) is 21.9 Å². The molecular formula is C13H17N3O5. The van der Waals surface area contributed by atoms with Crippen LogP contribution in [-0.4, -0.2) is 36.4 Å². The number of aryl methyl sites for hydroxylation is 1. The van der Waals surface area contributed by atoms with E-state index >= 15 is 0 Å². The van der Waals surface area contributed by atoms with E-state index in [-0.39, 0.29) is 17.1 Å². The van der Waals surface area contributed by atoms with Crippen molar-refractivity contribution in [3.05, 3.63) is 32.7 Å². The molecule has 1 fully saturated rings. The standard InChI is InChI=1S/C8H8N2O4.C5H9NO/c1-5-3-8(14-2)6(9-11)4-7(5)10(12)13;7-5-6-3-1-2-4-6/h3-4H,1-2H3;5H,1-4H2. The molecule has 0 saturated carbocycles. The molecule has 0 atom stereocenters. The summed E-state index contributed by atoms with van der Waals surface area (Å²) < 4.78 is 4.84. The molecule has 114 valence electrons. The molecule has 1 aromatic carbocycles. The topological polar surface area (TPSA) is 102 Å². The molecule has 1 aromatic rings. The molecule has 8 heteroatoms. The van der Waals surface area contributed by atoms with Crippen LogP contribution < -0.4 is 4.74 Å². The van der Waals surface area contributed by atoms with Crippen LogP contribution in [0.5, 0.6) is 5.75 Å². The summed E-state index contributed by atoms with van der Waals surface area (Å²) in [5.41, 5.74) is 0.226. The molecule has 1 saturated heterocycles. The fourth-order valence-corrected chi connectivity index (χ4v) is 1.94. The maximum absolute atomic E-state index is 10.5. The van der Waals surface area contributed by atoms with Gasteiger partial charge < -0.3 is 9.64 Å². The molecule has 0 bridgehead atoms. The monoisotopic (exact) mass is 295 g/mol. The summed E-state index contributed by atoms with van der Waals surface area (Å²) >= 11 is 0. The third-order valence-corrected chi connectivity index (χ3v) is 3.08. The molecule has 1 aliphatic heterocycles. The molecule has 0 spiro atoms.